The van der Waals surface area contributed by atoms with E-state index >= 15 is 0 Å². The first-order valence-electron chi connectivity index (χ1n) is 9.21. The lowest BCUT2D eigenvalue weighted by atomic mass is 10.2. The van der Waals surface area contributed by atoms with Crippen molar-refractivity contribution in [1.82, 2.24) is 19.2 Å². The molecule has 0 radical (unpaired) electrons. The third kappa shape index (κ3) is 3.53. The number of carboxylic acid groups (broad SMARTS) is 1. The molecule has 3 aromatic heterocycles. The normalized spacial score (nSPS) is 12.5. The maximum absolute atomic E-state index is 11.5. The zero-order chi connectivity index (χ0) is 20.5. The van der Waals surface area contributed by atoms with Crippen molar-refractivity contribution in [2.75, 3.05) is 19.0 Å². The number of carbonyl (C=O) groups is 1. The molecule has 0 amide bonds. The van der Waals surface area contributed by atoms with Crippen molar-refractivity contribution < 1.29 is 14.6 Å². The molecule has 9 heteroatoms. The third-order valence-electron chi connectivity index (χ3n) is 4.60. The minimum absolute atomic E-state index is 0.0161. The molecule has 0 bridgehead atoms. The number of nitrogens with zero attached hydrogens (tertiary/aromatic N) is 4. The van der Waals surface area contributed by atoms with Gasteiger partial charge in [0.1, 0.15) is 17.2 Å². The SMILES string of the molecule is CNc1cc(-n2ccc3ccc(COC[C@@H](C)N)cc32)nc2c(C(=O)O)cnn12. The Balaban J connectivity index is 1.80. The predicted molar refractivity (Wildman–Crippen MR) is 110 cm³/mol. The Morgan fingerprint density at radius 2 is 2.17 bits per heavy atom. The summed E-state index contributed by atoms with van der Waals surface area (Å²) in [5.41, 5.74) is 8.02. The summed E-state index contributed by atoms with van der Waals surface area (Å²) in [6, 6.07) is 9.87. The quantitative estimate of drug-likeness (QED) is 0.440. The van der Waals surface area contributed by atoms with Crippen LogP contribution in [0.25, 0.3) is 22.4 Å². The number of rotatable bonds is 7. The first-order chi connectivity index (χ1) is 14.0. The van der Waals surface area contributed by atoms with Crippen molar-refractivity contribution >= 4 is 28.3 Å². The van der Waals surface area contributed by atoms with Crippen molar-refractivity contribution in [2.24, 2.45) is 5.73 Å². The molecule has 0 aliphatic carbocycles. The Morgan fingerprint density at radius 1 is 1.34 bits per heavy atom. The Morgan fingerprint density at radius 3 is 2.90 bits per heavy atom. The second-order valence-electron chi connectivity index (χ2n) is 6.92. The summed E-state index contributed by atoms with van der Waals surface area (Å²) < 4.78 is 9.04. The molecule has 1 atom stereocenters. The summed E-state index contributed by atoms with van der Waals surface area (Å²) in [4.78, 5) is 16.1. The van der Waals surface area contributed by atoms with Gasteiger partial charge in [0.15, 0.2) is 5.65 Å². The monoisotopic (exact) mass is 394 g/mol. The molecule has 0 fully saturated rings. The van der Waals surface area contributed by atoms with Crippen LogP contribution in [0.4, 0.5) is 5.82 Å². The van der Waals surface area contributed by atoms with Crippen molar-refractivity contribution in [3.05, 3.63) is 53.9 Å². The molecule has 29 heavy (non-hydrogen) atoms. The van der Waals surface area contributed by atoms with Crippen LogP contribution in [0, 0.1) is 0 Å². The molecule has 0 saturated carbocycles. The first kappa shape index (κ1) is 18.9. The van der Waals surface area contributed by atoms with E-state index in [2.05, 4.69) is 15.4 Å². The lowest BCUT2D eigenvalue weighted by molar-refractivity contribution is 0.0698. The highest BCUT2D eigenvalue weighted by Gasteiger charge is 2.17. The molecular weight excluding hydrogens is 372 g/mol. The molecule has 0 saturated heterocycles. The highest BCUT2D eigenvalue weighted by atomic mass is 16.5. The van der Waals surface area contributed by atoms with Gasteiger partial charge in [-0.25, -0.2) is 9.78 Å². The average Bonchev–Trinajstić information content (AvgIpc) is 3.30. The molecule has 0 unspecified atom stereocenters. The Labute approximate surface area is 166 Å². The van der Waals surface area contributed by atoms with Crippen LogP contribution in [-0.4, -0.2) is 49.9 Å². The van der Waals surface area contributed by atoms with E-state index in [0.717, 1.165) is 16.5 Å². The zero-order valence-corrected chi connectivity index (χ0v) is 16.2. The number of aromatic carboxylic acids is 1. The Hall–Kier alpha value is -3.43. The molecule has 4 rings (SSSR count). The van der Waals surface area contributed by atoms with Crippen LogP contribution in [0.3, 0.4) is 0 Å². The van der Waals surface area contributed by atoms with E-state index in [4.69, 9.17) is 10.5 Å². The van der Waals surface area contributed by atoms with E-state index in [9.17, 15) is 9.90 Å². The fourth-order valence-electron chi connectivity index (χ4n) is 3.23. The van der Waals surface area contributed by atoms with Gasteiger partial charge in [-0.15, -0.1) is 0 Å². The van der Waals surface area contributed by atoms with Crippen molar-refractivity contribution in [3.8, 4) is 5.82 Å². The summed E-state index contributed by atoms with van der Waals surface area (Å²) >= 11 is 0. The molecule has 0 aliphatic rings. The van der Waals surface area contributed by atoms with Crippen LogP contribution in [0.2, 0.25) is 0 Å². The maximum Gasteiger partial charge on any atom is 0.341 e. The minimum atomic E-state index is -1.07. The number of carboxylic acids is 1. The van der Waals surface area contributed by atoms with E-state index in [-0.39, 0.29) is 17.3 Å². The van der Waals surface area contributed by atoms with E-state index in [1.54, 1.807) is 7.05 Å². The number of hydrogen-bond acceptors (Lipinski definition) is 6. The average molecular weight is 394 g/mol. The van der Waals surface area contributed by atoms with Gasteiger partial charge in [-0.3, -0.25) is 0 Å². The van der Waals surface area contributed by atoms with Crippen molar-refractivity contribution in [2.45, 2.75) is 19.6 Å². The van der Waals surface area contributed by atoms with E-state index < -0.39 is 5.97 Å². The lowest BCUT2D eigenvalue weighted by Crippen LogP contribution is -2.21. The molecule has 4 N–H and O–H groups in total. The third-order valence-corrected chi connectivity index (χ3v) is 4.60. The molecule has 1 aromatic carbocycles. The second kappa shape index (κ2) is 7.53. The molecule has 0 spiro atoms. The molecular formula is C20H22N6O3. The summed E-state index contributed by atoms with van der Waals surface area (Å²) in [5, 5.41) is 17.7. The van der Waals surface area contributed by atoms with Crippen molar-refractivity contribution in [1.29, 1.82) is 0 Å². The maximum atomic E-state index is 11.5. The summed E-state index contributed by atoms with van der Waals surface area (Å²) in [6.45, 7) is 2.85. The first-order valence-corrected chi connectivity index (χ1v) is 9.21. The van der Waals surface area contributed by atoms with Crippen LogP contribution in [0.15, 0.2) is 42.7 Å². The number of anilines is 1. The number of aromatic nitrogens is 4. The summed E-state index contributed by atoms with van der Waals surface area (Å²) in [5.74, 6) is 0.155. The highest BCUT2D eigenvalue weighted by Crippen LogP contribution is 2.24. The summed E-state index contributed by atoms with van der Waals surface area (Å²) in [6.07, 6.45) is 3.21. The van der Waals surface area contributed by atoms with Crippen LogP contribution in [0.1, 0.15) is 22.8 Å². The summed E-state index contributed by atoms with van der Waals surface area (Å²) in [7, 11) is 1.75. The fourth-order valence-corrected chi connectivity index (χ4v) is 3.23. The standard InChI is InChI=1S/C20H22N6O3/c1-12(21)10-29-11-13-3-4-14-5-6-25(16(14)7-13)18-8-17(22-2)26-19(24-18)15(9-23-26)20(27)28/h3-9,12,22H,10-11,21H2,1-2H3,(H,27,28)/t12-/m1/s1. The Bertz CT molecular complexity index is 1190. The molecule has 150 valence electrons. The van der Waals surface area contributed by atoms with Gasteiger partial charge in [0.25, 0.3) is 0 Å². The van der Waals surface area contributed by atoms with Crippen LogP contribution >= 0.6 is 0 Å². The van der Waals surface area contributed by atoms with Gasteiger partial charge in [-0.05, 0) is 24.6 Å². The second-order valence-corrected chi connectivity index (χ2v) is 6.92. The van der Waals surface area contributed by atoms with Gasteiger partial charge in [0.05, 0.1) is 24.9 Å². The number of nitrogens with two attached hydrogens (primary N) is 1. The van der Waals surface area contributed by atoms with Gasteiger partial charge >= 0.3 is 5.97 Å². The molecule has 0 aliphatic heterocycles. The van der Waals surface area contributed by atoms with E-state index in [0.29, 0.717) is 24.8 Å². The smallest absolute Gasteiger partial charge is 0.341 e. The number of nitrogens with one attached hydrogen (secondary N) is 1. The van der Waals surface area contributed by atoms with Crippen LogP contribution in [0.5, 0.6) is 0 Å². The minimum Gasteiger partial charge on any atom is -0.477 e. The highest BCUT2D eigenvalue weighted by molar-refractivity contribution is 5.94. The van der Waals surface area contributed by atoms with Gasteiger partial charge in [-0.2, -0.15) is 9.61 Å². The van der Waals surface area contributed by atoms with Gasteiger partial charge < -0.3 is 25.5 Å². The van der Waals surface area contributed by atoms with Crippen LogP contribution < -0.4 is 11.1 Å². The van der Waals surface area contributed by atoms with Gasteiger partial charge in [-0.1, -0.05) is 12.1 Å². The van der Waals surface area contributed by atoms with Crippen LogP contribution in [-0.2, 0) is 11.3 Å². The van der Waals surface area contributed by atoms with E-state index in [1.165, 1.54) is 10.7 Å². The lowest BCUT2D eigenvalue weighted by Gasteiger charge is -2.11. The predicted octanol–water partition coefficient (Wildman–Crippen LogP) is 2.28. The van der Waals surface area contributed by atoms with E-state index in [1.807, 2.05) is 48.0 Å². The Kier molecular flexibility index (Phi) is 4.91. The number of ether oxygens (including phenoxy) is 1. The van der Waals surface area contributed by atoms with Gasteiger partial charge in [0, 0.05) is 30.7 Å². The molecule has 9 nitrogen and oxygen atoms in total. The molecule has 3 heterocycles. The zero-order valence-electron chi connectivity index (χ0n) is 16.2. The topological polar surface area (TPSA) is 120 Å². The fraction of sp³-hybridized carbons (Fsp3) is 0.250. The number of benzene rings is 1. The molecule has 4 aromatic rings. The largest absolute Gasteiger partial charge is 0.477 e. The number of hydrogen-bond donors (Lipinski definition) is 3. The van der Waals surface area contributed by atoms with Crippen molar-refractivity contribution in [3.63, 3.8) is 0 Å². The van der Waals surface area contributed by atoms with Gasteiger partial charge in [0.2, 0.25) is 0 Å². The number of fused-ring (bicyclic) bond motifs is 2.